The largest absolute Gasteiger partial charge is 0.399 e. The molecule has 0 aromatic heterocycles. The van der Waals surface area contributed by atoms with Gasteiger partial charge in [-0.25, -0.2) is 0 Å². The minimum absolute atomic E-state index is 0.156. The second-order valence-corrected chi connectivity index (χ2v) is 5.54. The fourth-order valence-corrected chi connectivity index (χ4v) is 2.72. The lowest BCUT2D eigenvalue weighted by Gasteiger charge is -2.28. The summed E-state index contributed by atoms with van der Waals surface area (Å²) in [5.41, 5.74) is 13.4. The number of nitrogen functional groups attached to an aromatic ring is 1. The topological polar surface area (TPSA) is 101 Å². The van der Waals surface area contributed by atoms with E-state index in [2.05, 4.69) is 5.32 Å². The van der Waals surface area contributed by atoms with Crippen LogP contribution in [0.5, 0.6) is 0 Å². The van der Waals surface area contributed by atoms with Gasteiger partial charge in [-0.15, -0.1) is 0 Å². The quantitative estimate of drug-likeness (QED) is 0.716. The third kappa shape index (κ3) is 3.33. The third-order valence-electron chi connectivity index (χ3n) is 4.02. The molecule has 2 amide bonds. The van der Waals surface area contributed by atoms with Crippen molar-refractivity contribution in [1.82, 2.24) is 4.90 Å². The van der Waals surface area contributed by atoms with Gasteiger partial charge in [-0.05, 0) is 50.9 Å². The van der Waals surface area contributed by atoms with Gasteiger partial charge in [0.25, 0.3) is 0 Å². The molecule has 0 radical (unpaired) electrons. The van der Waals surface area contributed by atoms with Crippen LogP contribution in [0.15, 0.2) is 18.2 Å². The minimum atomic E-state index is -0.411. The number of benzene rings is 1. The molecule has 2 rings (SSSR count). The Morgan fingerprint density at radius 1 is 1.43 bits per heavy atom. The van der Waals surface area contributed by atoms with Gasteiger partial charge < -0.3 is 16.8 Å². The number of carbonyl (C=O) groups is 2. The zero-order valence-electron chi connectivity index (χ0n) is 12.4. The van der Waals surface area contributed by atoms with Crippen LogP contribution in [0, 0.1) is 6.92 Å². The fourth-order valence-electron chi connectivity index (χ4n) is 2.72. The standard InChI is InChI=1S/C15H22N4O2/c1-9-5-6-11(16)8-12(9)18-15(21)10(2)19-7-3-4-13(19)14(17)20/h5-6,8,10,13H,3-4,7,16H2,1-2H3,(H2,17,20)(H,18,21). The summed E-state index contributed by atoms with van der Waals surface area (Å²) in [5.74, 6) is -0.524. The van der Waals surface area contributed by atoms with Gasteiger partial charge in [-0.3, -0.25) is 14.5 Å². The molecule has 114 valence electrons. The summed E-state index contributed by atoms with van der Waals surface area (Å²) in [5, 5.41) is 2.87. The van der Waals surface area contributed by atoms with E-state index in [0.717, 1.165) is 12.0 Å². The molecule has 21 heavy (non-hydrogen) atoms. The molecule has 1 aromatic carbocycles. The van der Waals surface area contributed by atoms with Crippen molar-refractivity contribution in [3.05, 3.63) is 23.8 Å². The molecule has 1 aliphatic heterocycles. The molecular formula is C15H22N4O2. The first-order valence-electron chi connectivity index (χ1n) is 7.12. The van der Waals surface area contributed by atoms with Gasteiger partial charge in [-0.2, -0.15) is 0 Å². The fraction of sp³-hybridized carbons (Fsp3) is 0.467. The zero-order valence-corrected chi connectivity index (χ0v) is 12.4. The molecule has 2 unspecified atom stereocenters. The smallest absolute Gasteiger partial charge is 0.241 e. The van der Waals surface area contributed by atoms with E-state index in [1.807, 2.05) is 17.9 Å². The lowest BCUT2D eigenvalue weighted by molar-refractivity contribution is -0.126. The van der Waals surface area contributed by atoms with E-state index in [-0.39, 0.29) is 17.9 Å². The molecule has 6 nitrogen and oxygen atoms in total. The number of nitrogens with two attached hydrogens (primary N) is 2. The van der Waals surface area contributed by atoms with E-state index in [0.29, 0.717) is 24.3 Å². The number of primary amides is 1. The van der Waals surface area contributed by atoms with Crippen molar-refractivity contribution in [3.8, 4) is 0 Å². The Bertz CT molecular complexity index is 559. The van der Waals surface area contributed by atoms with Crippen LogP contribution < -0.4 is 16.8 Å². The van der Waals surface area contributed by atoms with Crippen LogP contribution in [-0.4, -0.2) is 35.3 Å². The maximum atomic E-state index is 12.4. The Morgan fingerprint density at radius 3 is 2.81 bits per heavy atom. The third-order valence-corrected chi connectivity index (χ3v) is 4.02. The van der Waals surface area contributed by atoms with Gasteiger partial charge in [0.05, 0.1) is 12.1 Å². The number of carbonyl (C=O) groups excluding carboxylic acids is 2. The molecule has 1 heterocycles. The summed E-state index contributed by atoms with van der Waals surface area (Å²) in [6, 6.07) is 4.61. The normalized spacial score (nSPS) is 20.2. The van der Waals surface area contributed by atoms with E-state index in [1.54, 1.807) is 19.1 Å². The number of aryl methyl sites for hydroxylation is 1. The average molecular weight is 290 g/mol. The van der Waals surface area contributed by atoms with Crippen LogP contribution in [0.25, 0.3) is 0 Å². The number of likely N-dealkylation sites (tertiary alicyclic amines) is 1. The van der Waals surface area contributed by atoms with E-state index in [9.17, 15) is 9.59 Å². The van der Waals surface area contributed by atoms with Gasteiger partial charge >= 0.3 is 0 Å². The summed E-state index contributed by atoms with van der Waals surface area (Å²) in [7, 11) is 0. The first-order valence-corrected chi connectivity index (χ1v) is 7.12. The highest BCUT2D eigenvalue weighted by atomic mass is 16.2. The molecular weight excluding hydrogens is 268 g/mol. The predicted octanol–water partition coefficient (Wildman–Crippen LogP) is 0.854. The van der Waals surface area contributed by atoms with Crippen molar-refractivity contribution in [1.29, 1.82) is 0 Å². The number of rotatable bonds is 4. The highest BCUT2D eigenvalue weighted by Crippen LogP contribution is 2.22. The lowest BCUT2D eigenvalue weighted by atomic mass is 10.1. The monoisotopic (exact) mass is 290 g/mol. The van der Waals surface area contributed by atoms with Gasteiger partial charge in [0.1, 0.15) is 0 Å². The zero-order chi connectivity index (χ0) is 15.6. The summed E-state index contributed by atoms with van der Waals surface area (Å²) < 4.78 is 0. The summed E-state index contributed by atoms with van der Waals surface area (Å²) in [4.78, 5) is 25.7. The Balaban J connectivity index is 2.09. The molecule has 0 saturated carbocycles. The number of nitrogens with zero attached hydrogens (tertiary/aromatic N) is 1. The number of nitrogens with one attached hydrogen (secondary N) is 1. The van der Waals surface area contributed by atoms with Crippen molar-refractivity contribution in [2.45, 2.75) is 38.8 Å². The molecule has 1 aliphatic rings. The first kappa shape index (κ1) is 15.3. The Kier molecular flexibility index (Phi) is 4.47. The number of anilines is 2. The van der Waals surface area contributed by atoms with Crippen molar-refractivity contribution >= 4 is 23.2 Å². The van der Waals surface area contributed by atoms with Crippen LogP contribution in [0.3, 0.4) is 0 Å². The molecule has 1 saturated heterocycles. The second-order valence-electron chi connectivity index (χ2n) is 5.54. The molecule has 0 aliphatic carbocycles. The van der Waals surface area contributed by atoms with Gasteiger partial charge in [-0.1, -0.05) is 6.07 Å². The average Bonchev–Trinajstić information content (AvgIpc) is 2.91. The van der Waals surface area contributed by atoms with Crippen molar-refractivity contribution in [2.24, 2.45) is 5.73 Å². The highest BCUT2D eigenvalue weighted by Gasteiger charge is 2.35. The molecule has 0 bridgehead atoms. The molecule has 0 spiro atoms. The summed E-state index contributed by atoms with van der Waals surface area (Å²) in [6.07, 6.45) is 1.59. The van der Waals surface area contributed by atoms with E-state index >= 15 is 0 Å². The lowest BCUT2D eigenvalue weighted by Crippen LogP contribution is -2.49. The van der Waals surface area contributed by atoms with Crippen LogP contribution in [0.1, 0.15) is 25.3 Å². The summed E-state index contributed by atoms with van der Waals surface area (Å²) >= 11 is 0. The summed E-state index contributed by atoms with van der Waals surface area (Å²) in [6.45, 7) is 4.40. The Hall–Kier alpha value is -2.08. The van der Waals surface area contributed by atoms with Crippen LogP contribution in [0.2, 0.25) is 0 Å². The number of hydrogen-bond donors (Lipinski definition) is 3. The first-order chi connectivity index (χ1) is 9.90. The maximum Gasteiger partial charge on any atom is 0.241 e. The minimum Gasteiger partial charge on any atom is -0.399 e. The maximum absolute atomic E-state index is 12.4. The SMILES string of the molecule is Cc1ccc(N)cc1NC(=O)C(C)N1CCCC1C(N)=O. The molecule has 1 fully saturated rings. The van der Waals surface area contributed by atoms with Crippen LogP contribution in [-0.2, 0) is 9.59 Å². The van der Waals surface area contributed by atoms with Gasteiger partial charge in [0.15, 0.2) is 0 Å². The Morgan fingerprint density at radius 2 is 2.14 bits per heavy atom. The van der Waals surface area contributed by atoms with Crippen molar-refractivity contribution in [2.75, 3.05) is 17.6 Å². The number of amides is 2. The Labute approximate surface area is 124 Å². The van der Waals surface area contributed by atoms with Crippen LogP contribution >= 0.6 is 0 Å². The molecule has 6 heteroatoms. The van der Waals surface area contributed by atoms with E-state index in [4.69, 9.17) is 11.5 Å². The molecule has 5 N–H and O–H groups in total. The van der Waals surface area contributed by atoms with Crippen molar-refractivity contribution < 1.29 is 9.59 Å². The second kappa shape index (κ2) is 6.13. The van der Waals surface area contributed by atoms with E-state index < -0.39 is 6.04 Å². The number of hydrogen-bond acceptors (Lipinski definition) is 4. The van der Waals surface area contributed by atoms with Gasteiger partial charge in [0, 0.05) is 11.4 Å². The predicted molar refractivity (Wildman–Crippen MR) is 82.6 cm³/mol. The van der Waals surface area contributed by atoms with Gasteiger partial charge in [0.2, 0.25) is 11.8 Å². The van der Waals surface area contributed by atoms with E-state index in [1.165, 1.54) is 0 Å². The van der Waals surface area contributed by atoms with Crippen molar-refractivity contribution in [3.63, 3.8) is 0 Å². The van der Waals surface area contributed by atoms with Crippen LogP contribution in [0.4, 0.5) is 11.4 Å². The highest BCUT2D eigenvalue weighted by molar-refractivity contribution is 5.96. The molecule has 2 atom stereocenters. The molecule has 1 aromatic rings.